The highest BCUT2D eigenvalue weighted by Crippen LogP contribution is 2.43. The Morgan fingerprint density at radius 3 is 2.54 bits per heavy atom. The van der Waals surface area contributed by atoms with E-state index in [0.29, 0.717) is 16.7 Å². The number of hydrogen-bond acceptors (Lipinski definition) is 5. The number of fused-ring (bicyclic) bond motifs is 1. The van der Waals surface area contributed by atoms with Crippen molar-refractivity contribution in [1.82, 2.24) is 14.5 Å². The summed E-state index contributed by atoms with van der Waals surface area (Å²) in [5.74, 6) is -0.199. The molecule has 1 saturated heterocycles. The molecule has 35 heavy (non-hydrogen) atoms. The van der Waals surface area contributed by atoms with Crippen LogP contribution in [0.2, 0.25) is 10.0 Å². The highest BCUT2D eigenvalue weighted by molar-refractivity contribution is 6.42. The van der Waals surface area contributed by atoms with Gasteiger partial charge in [-0.3, -0.25) is 4.79 Å². The lowest BCUT2D eigenvalue weighted by molar-refractivity contribution is -0.00541. The Morgan fingerprint density at radius 1 is 1.17 bits per heavy atom. The van der Waals surface area contributed by atoms with E-state index in [1.54, 1.807) is 43.7 Å². The average molecular weight is 519 g/mol. The van der Waals surface area contributed by atoms with Gasteiger partial charge in [0, 0.05) is 23.2 Å². The number of rotatable bonds is 4. The third-order valence-electron chi connectivity index (χ3n) is 6.18. The van der Waals surface area contributed by atoms with E-state index in [-0.39, 0.29) is 40.3 Å². The van der Waals surface area contributed by atoms with Gasteiger partial charge in [0.05, 0.1) is 23.1 Å². The molecule has 0 unspecified atom stereocenters. The summed E-state index contributed by atoms with van der Waals surface area (Å²) in [6, 6.07) is 8.21. The molecule has 2 aliphatic rings. The summed E-state index contributed by atoms with van der Waals surface area (Å²) in [7, 11) is 0. The lowest BCUT2D eigenvalue weighted by atomic mass is 9.82. The minimum atomic E-state index is -1.12. The van der Waals surface area contributed by atoms with Crippen molar-refractivity contribution >= 4 is 46.0 Å². The van der Waals surface area contributed by atoms with Crippen molar-refractivity contribution < 1.29 is 13.9 Å². The van der Waals surface area contributed by atoms with Crippen LogP contribution in [0.4, 0.5) is 15.0 Å². The third kappa shape index (κ3) is 4.45. The van der Waals surface area contributed by atoms with Crippen molar-refractivity contribution in [1.29, 1.82) is 0 Å². The molecular weight excluding hydrogens is 494 g/mol. The number of likely N-dealkylation sites (tertiary alicyclic amines) is 1. The quantitative estimate of drug-likeness (QED) is 0.446. The number of carbonyl (C=O) groups is 1. The topological polar surface area (TPSA) is 76.5 Å². The Balaban J connectivity index is 1.53. The first-order valence-corrected chi connectivity index (χ1v) is 12.1. The van der Waals surface area contributed by atoms with E-state index in [9.17, 15) is 9.59 Å². The van der Waals surface area contributed by atoms with Crippen molar-refractivity contribution in [3.8, 4) is 0 Å². The fraction of sp³-hybridized carbons (Fsp3) is 0.400. The minimum absolute atomic E-state index is 0.0554. The fourth-order valence-corrected chi connectivity index (χ4v) is 4.90. The molecule has 1 aliphatic carbocycles. The summed E-state index contributed by atoms with van der Waals surface area (Å²) in [4.78, 5) is 31.7. The van der Waals surface area contributed by atoms with Gasteiger partial charge in [-0.2, -0.15) is 0 Å². The molecule has 1 saturated carbocycles. The minimum Gasteiger partial charge on any atom is -0.444 e. The molecule has 0 spiro atoms. The highest BCUT2D eigenvalue weighted by atomic mass is 35.5. The molecule has 0 atom stereocenters. The summed E-state index contributed by atoms with van der Waals surface area (Å²) in [5, 5.41) is 4.22. The largest absolute Gasteiger partial charge is 0.444 e. The zero-order valence-corrected chi connectivity index (χ0v) is 21.1. The second-order valence-electron chi connectivity index (χ2n) is 10.2. The molecule has 2 fully saturated rings. The summed E-state index contributed by atoms with van der Waals surface area (Å²) in [5.41, 5.74) is -1.51. The standard InChI is InChI=1S/C25H25Cl2FN4O3/c1-24(2,3)35-23(34)31-12-25(13-31,19-17(28)8-7-16(26)20(19)27)30-18-9-4-14-10-11-32(15-5-6-15)22(33)21(14)29-18/h4,7-11,15H,5-6,12-13H2,1-3H3,(H,29,30). The number of carbonyl (C=O) groups excluding carboxylic acids is 1. The Bertz CT molecular complexity index is 1390. The molecule has 0 bridgehead atoms. The number of ether oxygens (including phenoxy) is 1. The van der Waals surface area contributed by atoms with E-state index < -0.39 is 23.1 Å². The molecule has 1 N–H and O–H groups in total. The van der Waals surface area contributed by atoms with Crippen LogP contribution in [-0.4, -0.2) is 39.2 Å². The van der Waals surface area contributed by atoms with E-state index in [4.69, 9.17) is 27.9 Å². The number of nitrogens with zero attached hydrogens (tertiary/aromatic N) is 3. The average Bonchev–Trinajstić information content (AvgIpc) is 3.58. The second-order valence-corrected chi connectivity index (χ2v) is 10.9. The van der Waals surface area contributed by atoms with Crippen molar-refractivity contribution in [2.24, 2.45) is 0 Å². The maximum atomic E-state index is 15.1. The van der Waals surface area contributed by atoms with E-state index >= 15 is 4.39 Å². The molecule has 10 heteroatoms. The van der Waals surface area contributed by atoms with E-state index in [1.807, 2.05) is 6.07 Å². The van der Waals surface area contributed by atoms with Gasteiger partial charge in [-0.05, 0) is 63.9 Å². The first kappa shape index (κ1) is 23.9. The van der Waals surface area contributed by atoms with Gasteiger partial charge in [-0.15, -0.1) is 0 Å². The predicted molar refractivity (Wildman–Crippen MR) is 134 cm³/mol. The van der Waals surface area contributed by atoms with Gasteiger partial charge in [0.15, 0.2) is 0 Å². The summed E-state index contributed by atoms with van der Waals surface area (Å²) in [6.45, 7) is 5.46. The van der Waals surface area contributed by atoms with Crippen molar-refractivity contribution in [3.05, 3.63) is 68.3 Å². The molecule has 5 rings (SSSR count). The van der Waals surface area contributed by atoms with Gasteiger partial charge < -0.3 is 19.5 Å². The molecule has 1 amide bonds. The van der Waals surface area contributed by atoms with Gasteiger partial charge >= 0.3 is 6.09 Å². The predicted octanol–water partition coefficient (Wildman–Crippen LogP) is 5.74. The van der Waals surface area contributed by atoms with Gasteiger partial charge in [0.2, 0.25) is 0 Å². The monoisotopic (exact) mass is 518 g/mol. The summed E-state index contributed by atoms with van der Waals surface area (Å²) >= 11 is 12.7. The third-order valence-corrected chi connectivity index (χ3v) is 6.99. The zero-order chi connectivity index (χ0) is 25.1. The summed E-state index contributed by atoms with van der Waals surface area (Å²) in [6.07, 6.45) is 3.22. The number of halogens is 3. The maximum Gasteiger partial charge on any atom is 0.410 e. The van der Waals surface area contributed by atoms with Crippen LogP contribution < -0.4 is 10.9 Å². The van der Waals surface area contributed by atoms with Crippen LogP contribution in [0.5, 0.6) is 0 Å². The van der Waals surface area contributed by atoms with Crippen LogP contribution in [0, 0.1) is 5.82 Å². The first-order valence-electron chi connectivity index (χ1n) is 11.4. The number of aromatic nitrogens is 2. The molecule has 7 nitrogen and oxygen atoms in total. The Labute approximate surface area is 211 Å². The number of nitrogens with one attached hydrogen (secondary N) is 1. The number of amides is 1. The number of anilines is 1. The first-order chi connectivity index (χ1) is 16.5. The van der Waals surface area contributed by atoms with Crippen LogP contribution in [0.25, 0.3) is 10.9 Å². The second kappa shape index (κ2) is 8.38. The molecule has 1 aliphatic heterocycles. The molecule has 1 aromatic carbocycles. The van der Waals surface area contributed by atoms with Crippen LogP contribution >= 0.6 is 23.2 Å². The maximum absolute atomic E-state index is 15.1. The zero-order valence-electron chi connectivity index (χ0n) is 19.6. The van der Waals surface area contributed by atoms with Gasteiger partial charge in [-0.25, -0.2) is 14.2 Å². The smallest absolute Gasteiger partial charge is 0.410 e. The van der Waals surface area contributed by atoms with Crippen LogP contribution in [-0.2, 0) is 10.3 Å². The van der Waals surface area contributed by atoms with Crippen molar-refractivity contribution in [2.45, 2.75) is 50.8 Å². The Hall–Kier alpha value is -2.84. The molecule has 0 radical (unpaired) electrons. The van der Waals surface area contributed by atoms with Crippen LogP contribution in [0.1, 0.15) is 45.2 Å². The number of benzene rings is 1. The molecule has 3 heterocycles. The Morgan fingerprint density at radius 2 is 1.89 bits per heavy atom. The number of hydrogen-bond donors (Lipinski definition) is 1. The highest BCUT2D eigenvalue weighted by Gasteiger charge is 2.51. The SMILES string of the molecule is CC(C)(C)OC(=O)N1CC(Nc2ccc3ccn(C4CC4)c(=O)c3n2)(c2c(F)ccc(Cl)c2Cl)C1. The lowest BCUT2D eigenvalue weighted by Crippen LogP contribution is -2.66. The van der Waals surface area contributed by atoms with Gasteiger partial charge in [0.1, 0.15) is 28.3 Å². The normalized spacial score (nSPS) is 17.3. The van der Waals surface area contributed by atoms with Crippen molar-refractivity contribution in [2.75, 3.05) is 18.4 Å². The lowest BCUT2D eigenvalue weighted by Gasteiger charge is -2.51. The fourth-order valence-electron chi connectivity index (χ4n) is 4.41. The molecule has 184 valence electrons. The van der Waals surface area contributed by atoms with Crippen LogP contribution in [0.15, 0.2) is 41.3 Å². The molecular formula is C25H25Cl2FN4O3. The van der Waals surface area contributed by atoms with E-state index in [0.717, 1.165) is 12.8 Å². The van der Waals surface area contributed by atoms with Gasteiger partial charge in [-0.1, -0.05) is 23.2 Å². The van der Waals surface area contributed by atoms with E-state index in [2.05, 4.69) is 10.3 Å². The van der Waals surface area contributed by atoms with E-state index in [1.165, 1.54) is 17.0 Å². The Kier molecular flexibility index (Phi) is 5.72. The van der Waals surface area contributed by atoms with Crippen molar-refractivity contribution in [3.63, 3.8) is 0 Å². The summed E-state index contributed by atoms with van der Waals surface area (Å²) < 4.78 is 22.3. The van der Waals surface area contributed by atoms with Crippen LogP contribution in [0.3, 0.4) is 0 Å². The van der Waals surface area contributed by atoms with Gasteiger partial charge in [0.25, 0.3) is 5.56 Å². The number of pyridine rings is 2. The molecule has 2 aromatic heterocycles. The molecule has 3 aromatic rings.